The summed E-state index contributed by atoms with van der Waals surface area (Å²) in [5, 5.41) is 3.04. The van der Waals surface area contributed by atoms with Crippen molar-refractivity contribution in [2.45, 2.75) is 58.8 Å². The number of hydrogen-bond acceptors (Lipinski definition) is 5. The summed E-state index contributed by atoms with van der Waals surface area (Å²) < 4.78 is 10.8. The molecule has 0 unspecified atom stereocenters. The minimum absolute atomic E-state index is 0.0646. The van der Waals surface area contributed by atoms with E-state index in [-0.39, 0.29) is 12.2 Å². The van der Waals surface area contributed by atoms with Crippen LogP contribution >= 0.6 is 0 Å². The van der Waals surface area contributed by atoms with Gasteiger partial charge in [0.15, 0.2) is 12.2 Å². The molecule has 0 aromatic heterocycles. The summed E-state index contributed by atoms with van der Waals surface area (Å²) in [7, 11) is 0. The van der Waals surface area contributed by atoms with E-state index in [0.717, 1.165) is 32.4 Å². The molecule has 0 aromatic rings. The van der Waals surface area contributed by atoms with Crippen molar-refractivity contribution in [3.63, 3.8) is 0 Å². The van der Waals surface area contributed by atoms with E-state index in [1.807, 2.05) is 18.7 Å². The Morgan fingerprint density at radius 3 is 2.46 bits per heavy atom. The second kappa shape index (κ2) is 12.9. The minimum atomic E-state index is -0.441. The first-order valence-electron chi connectivity index (χ1n) is 9.79. The van der Waals surface area contributed by atoms with E-state index >= 15 is 0 Å². The van der Waals surface area contributed by atoms with Crippen molar-refractivity contribution in [2.75, 3.05) is 39.4 Å². The molecule has 1 fully saturated rings. The average molecular weight is 372 g/mol. The Hall–Kier alpha value is -1.38. The number of hydrogen-bond donors (Lipinski definition) is 3. The molecule has 152 valence electrons. The van der Waals surface area contributed by atoms with Gasteiger partial charge in [0.05, 0.1) is 12.6 Å². The molecule has 1 aliphatic heterocycles. The van der Waals surface area contributed by atoms with Crippen molar-refractivity contribution in [1.29, 1.82) is 0 Å². The molecule has 0 spiro atoms. The number of guanidine groups is 1. The molecule has 1 heterocycles. The van der Waals surface area contributed by atoms with Gasteiger partial charge in [0, 0.05) is 32.8 Å². The number of piperidine rings is 1. The van der Waals surface area contributed by atoms with Crippen LogP contribution in [0, 0.1) is 5.92 Å². The van der Waals surface area contributed by atoms with E-state index in [2.05, 4.69) is 17.2 Å². The zero-order valence-corrected chi connectivity index (χ0v) is 16.6. The Bertz CT molecular complexity index is 419. The summed E-state index contributed by atoms with van der Waals surface area (Å²) in [6.45, 7) is 9.81. The second-order valence-electron chi connectivity index (χ2n) is 6.75. The minimum Gasteiger partial charge on any atom is -0.370 e. The summed E-state index contributed by atoms with van der Waals surface area (Å²) in [6.07, 6.45) is 3.15. The van der Waals surface area contributed by atoms with Crippen LogP contribution in [-0.2, 0) is 14.3 Å². The number of likely N-dealkylation sites (tertiary alicyclic amines) is 1. The van der Waals surface area contributed by atoms with Crippen LogP contribution in [0.15, 0.2) is 4.99 Å². The fourth-order valence-corrected chi connectivity index (χ4v) is 2.88. The van der Waals surface area contributed by atoms with Gasteiger partial charge in [-0.05, 0) is 45.4 Å². The molecular weight excluding hydrogens is 334 g/mol. The molecule has 8 nitrogen and oxygen atoms in total. The van der Waals surface area contributed by atoms with Gasteiger partial charge in [-0.2, -0.15) is 0 Å². The van der Waals surface area contributed by atoms with E-state index in [1.165, 1.54) is 0 Å². The highest BCUT2D eigenvalue weighted by atomic mass is 16.7. The maximum Gasteiger partial charge on any atom is 0.239 e. The first kappa shape index (κ1) is 22.7. The van der Waals surface area contributed by atoms with Crippen molar-refractivity contribution in [3.8, 4) is 0 Å². The van der Waals surface area contributed by atoms with Crippen LogP contribution in [0.2, 0.25) is 0 Å². The fourth-order valence-electron chi connectivity index (χ4n) is 2.88. The number of amides is 1. The Morgan fingerprint density at radius 2 is 1.88 bits per heavy atom. The number of aliphatic imine (C=N–C) groups is 1. The Kier molecular flexibility index (Phi) is 11.2. The Labute approximate surface area is 157 Å². The summed E-state index contributed by atoms with van der Waals surface area (Å²) in [5.74, 6) is 1.11. The number of carbonyl (C=O) groups is 1. The van der Waals surface area contributed by atoms with Gasteiger partial charge >= 0.3 is 0 Å². The maximum atomic E-state index is 12.3. The Balaban J connectivity index is 2.21. The van der Waals surface area contributed by atoms with Crippen molar-refractivity contribution in [1.82, 2.24) is 10.2 Å². The van der Waals surface area contributed by atoms with Crippen LogP contribution in [0.5, 0.6) is 0 Å². The predicted octanol–water partition coefficient (Wildman–Crippen LogP) is 0.656. The molecule has 1 amide bonds. The van der Waals surface area contributed by atoms with Gasteiger partial charge < -0.3 is 31.2 Å². The lowest BCUT2D eigenvalue weighted by molar-refractivity contribution is -0.134. The molecule has 0 aliphatic carbocycles. The number of rotatable bonds is 11. The van der Waals surface area contributed by atoms with Crippen molar-refractivity contribution < 1.29 is 14.3 Å². The van der Waals surface area contributed by atoms with Gasteiger partial charge in [-0.15, -0.1) is 0 Å². The summed E-state index contributed by atoms with van der Waals surface area (Å²) >= 11 is 0. The molecule has 1 atom stereocenters. The highest BCUT2D eigenvalue weighted by Crippen LogP contribution is 2.16. The SMILES string of the molecule is CCOC(CN=C(N)NCCC[C@H](N)C(=O)N1CCC(C)CC1)OCC. The highest BCUT2D eigenvalue weighted by molar-refractivity contribution is 5.81. The van der Waals surface area contributed by atoms with Crippen molar-refractivity contribution >= 4 is 11.9 Å². The van der Waals surface area contributed by atoms with Gasteiger partial charge in [-0.1, -0.05) is 6.92 Å². The standard InChI is InChI=1S/C18H37N5O3/c1-4-25-16(26-5-2)13-22-18(20)21-10-6-7-15(19)17(24)23-11-8-14(3)9-12-23/h14-16H,4-13,19H2,1-3H3,(H3,20,21,22)/t15-/m0/s1. The van der Waals surface area contributed by atoms with Gasteiger partial charge in [-0.3, -0.25) is 4.79 Å². The van der Waals surface area contributed by atoms with Crippen LogP contribution in [0.25, 0.3) is 0 Å². The van der Waals surface area contributed by atoms with E-state index in [9.17, 15) is 4.79 Å². The lowest BCUT2D eigenvalue weighted by atomic mass is 9.98. The zero-order chi connectivity index (χ0) is 19.4. The smallest absolute Gasteiger partial charge is 0.239 e. The van der Waals surface area contributed by atoms with E-state index in [0.29, 0.717) is 44.6 Å². The normalized spacial score (nSPS) is 17.6. The van der Waals surface area contributed by atoms with E-state index in [1.54, 1.807) is 0 Å². The molecule has 1 saturated heterocycles. The van der Waals surface area contributed by atoms with Crippen LogP contribution in [0.4, 0.5) is 0 Å². The highest BCUT2D eigenvalue weighted by Gasteiger charge is 2.24. The summed E-state index contributed by atoms with van der Waals surface area (Å²) in [4.78, 5) is 18.5. The van der Waals surface area contributed by atoms with E-state index < -0.39 is 6.04 Å². The number of nitrogens with two attached hydrogens (primary N) is 2. The third-order valence-corrected chi connectivity index (χ3v) is 4.53. The average Bonchev–Trinajstić information content (AvgIpc) is 2.63. The van der Waals surface area contributed by atoms with Gasteiger partial charge in [0.2, 0.25) is 5.91 Å². The molecule has 0 aromatic carbocycles. The molecule has 0 saturated carbocycles. The molecule has 8 heteroatoms. The topological polar surface area (TPSA) is 115 Å². The molecule has 1 rings (SSSR count). The number of carbonyl (C=O) groups excluding carboxylic acids is 1. The molecule has 1 aliphatic rings. The molecule has 26 heavy (non-hydrogen) atoms. The first-order valence-corrected chi connectivity index (χ1v) is 9.79. The summed E-state index contributed by atoms with van der Waals surface area (Å²) in [5.41, 5.74) is 11.9. The fraction of sp³-hybridized carbons (Fsp3) is 0.889. The van der Waals surface area contributed by atoms with Gasteiger partial charge in [0.1, 0.15) is 0 Å². The largest absolute Gasteiger partial charge is 0.370 e. The monoisotopic (exact) mass is 371 g/mol. The van der Waals surface area contributed by atoms with Crippen LogP contribution in [0.1, 0.15) is 46.5 Å². The molecule has 0 bridgehead atoms. The summed E-state index contributed by atoms with van der Waals surface area (Å²) in [6, 6.07) is -0.441. The van der Waals surface area contributed by atoms with Gasteiger partial charge in [-0.25, -0.2) is 4.99 Å². The van der Waals surface area contributed by atoms with Crippen LogP contribution < -0.4 is 16.8 Å². The molecule has 5 N–H and O–H groups in total. The lowest BCUT2D eigenvalue weighted by Crippen LogP contribution is -2.47. The number of nitrogens with one attached hydrogen (secondary N) is 1. The third-order valence-electron chi connectivity index (χ3n) is 4.53. The van der Waals surface area contributed by atoms with Crippen LogP contribution in [0.3, 0.4) is 0 Å². The molecular formula is C18H37N5O3. The zero-order valence-electron chi connectivity index (χ0n) is 16.6. The lowest BCUT2D eigenvalue weighted by Gasteiger charge is -2.32. The number of nitrogens with zero attached hydrogens (tertiary/aromatic N) is 2. The van der Waals surface area contributed by atoms with Crippen molar-refractivity contribution in [3.05, 3.63) is 0 Å². The quantitative estimate of drug-likeness (QED) is 0.213. The Morgan fingerprint density at radius 1 is 1.27 bits per heavy atom. The second-order valence-corrected chi connectivity index (χ2v) is 6.75. The van der Waals surface area contributed by atoms with Crippen molar-refractivity contribution in [2.24, 2.45) is 22.4 Å². The molecule has 0 radical (unpaired) electrons. The predicted molar refractivity (Wildman–Crippen MR) is 104 cm³/mol. The van der Waals surface area contributed by atoms with E-state index in [4.69, 9.17) is 20.9 Å². The maximum absolute atomic E-state index is 12.3. The third kappa shape index (κ3) is 8.82. The van der Waals surface area contributed by atoms with Crippen LogP contribution in [-0.4, -0.2) is 68.5 Å². The number of ether oxygens (including phenoxy) is 2. The first-order chi connectivity index (χ1) is 12.5. The van der Waals surface area contributed by atoms with Gasteiger partial charge in [0.25, 0.3) is 0 Å².